The minimum atomic E-state index is -3.76. The predicted molar refractivity (Wildman–Crippen MR) is 77.8 cm³/mol. The average molecular weight is 301 g/mol. The second-order valence-corrected chi connectivity index (χ2v) is 5.91. The molecule has 0 spiro atoms. The highest BCUT2D eigenvalue weighted by Gasteiger charge is 2.09. The van der Waals surface area contributed by atoms with Crippen molar-refractivity contribution in [1.82, 2.24) is 10.2 Å². The Labute approximate surface area is 118 Å². The number of carbonyl (C=O) groups excluding carboxylic acids is 1. The summed E-state index contributed by atoms with van der Waals surface area (Å²) in [5.41, 5.74) is 6.58. The molecule has 0 bridgehead atoms. The van der Waals surface area contributed by atoms with Gasteiger partial charge in [0, 0.05) is 27.2 Å². The molecule has 0 aliphatic heterocycles. The zero-order chi connectivity index (χ0) is 15.3. The number of nitrogens with one attached hydrogen (secondary N) is 2. The molecule has 2 amide bonds. The second-order valence-electron chi connectivity index (χ2n) is 4.35. The third-order valence-corrected chi connectivity index (χ3v) is 3.39. The largest absolute Gasteiger partial charge is 0.397 e. The Kier molecular flexibility index (Phi) is 5.17. The van der Waals surface area contributed by atoms with E-state index in [4.69, 9.17) is 10.9 Å². The lowest BCUT2D eigenvalue weighted by Crippen LogP contribution is -2.37. The third-order valence-electron chi connectivity index (χ3n) is 2.47. The molecule has 8 nitrogen and oxygen atoms in total. The molecule has 0 radical (unpaired) electrons. The van der Waals surface area contributed by atoms with Crippen LogP contribution in [0.15, 0.2) is 23.1 Å². The fourth-order valence-electron chi connectivity index (χ4n) is 1.40. The molecule has 6 N–H and O–H groups in total. The second kappa shape index (κ2) is 6.44. The number of nitrogens with two attached hydrogens (primary N) is 2. The van der Waals surface area contributed by atoms with Crippen LogP contribution in [0.4, 0.5) is 16.2 Å². The van der Waals surface area contributed by atoms with E-state index in [0.29, 0.717) is 18.8 Å². The van der Waals surface area contributed by atoms with E-state index in [2.05, 4.69) is 10.6 Å². The van der Waals surface area contributed by atoms with Crippen LogP contribution in [0, 0.1) is 0 Å². The van der Waals surface area contributed by atoms with Crippen molar-refractivity contribution in [3.63, 3.8) is 0 Å². The number of primary sulfonamides is 1. The van der Waals surface area contributed by atoms with Gasteiger partial charge in [0.1, 0.15) is 0 Å². The lowest BCUT2D eigenvalue weighted by Gasteiger charge is -2.13. The Morgan fingerprint density at radius 2 is 1.95 bits per heavy atom. The summed E-state index contributed by atoms with van der Waals surface area (Å²) in [6, 6.07) is 4.00. The van der Waals surface area contributed by atoms with Gasteiger partial charge in [-0.2, -0.15) is 0 Å². The third kappa shape index (κ3) is 4.59. The van der Waals surface area contributed by atoms with Crippen molar-refractivity contribution in [1.29, 1.82) is 0 Å². The van der Waals surface area contributed by atoms with E-state index in [-0.39, 0.29) is 16.6 Å². The predicted octanol–water partition coefficient (Wildman–Crippen LogP) is -0.401. The van der Waals surface area contributed by atoms with Crippen LogP contribution in [0.5, 0.6) is 0 Å². The maximum Gasteiger partial charge on any atom is 0.316 e. The Bertz CT molecular complexity index is 586. The molecule has 1 rings (SSSR count). The van der Waals surface area contributed by atoms with Crippen molar-refractivity contribution in [2.75, 3.05) is 38.2 Å². The van der Waals surface area contributed by atoms with Crippen LogP contribution in [0.3, 0.4) is 0 Å². The van der Waals surface area contributed by atoms with E-state index < -0.39 is 10.0 Å². The van der Waals surface area contributed by atoms with Crippen LogP contribution < -0.4 is 21.5 Å². The van der Waals surface area contributed by atoms with Crippen molar-refractivity contribution >= 4 is 27.4 Å². The monoisotopic (exact) mass is 301 g/mol. The van der Waals surface area contributed by atoms with Gasteiger partial charge in [-0.15, -0.1) is 0 Å². The number of nitrogen functional groups attached to an aromatic ring is 1. The zero-order valence-corrected chi connectivity index (χ0v) is 12.2. The van der Waals surface area contributed by atoms with Gasteiger partial charge in [-0.1, -0.05) is 0 Å². The van der Waals surface area contributed by atoms with Gasteiger partial charge in [0.25, 0.3) is 0 Å². The van der Waals surface area contributed by atoms with E-state index in [1.807, 2.05) is 0 Å². The molecule has 0 aliphatic rings. The van der Waals surface area contributed by atoms with Gasteiger partial charge >= 0.3 is 6.03 Å². The zero-order valence-electron chi connectivity index (χ0n) is 11.4. The highest BCUT2D eigenvalue weighted by Crippen LogP contribution is 2.21. The standard InChI is InChI=1S/C11H19N5O3S/c1-16(2)11(17)15-6-5-14-10-4-3-8(7-9(10)12)20(13,18)19/h3-4,7,14H,5-6,12H2,1-2H3,(H,15,17)(H2,13,18,19). The summed E-state index contributed by atoms with van der Waals surface area (Å²) in [7, 11) is -0.467. The molecule has 1 aromatic carbocycles. The molecule has 0 saturated carbocycles. The van der Waals surface area contributed by atoms with Gasteiger partial charge in [-0.05, 0) is 18.2 Å². The average Bonchev–Trinajstić information content (AvgIpc) is 2.34. The maximum atomic E-state index is 11.3. The summed E-state index contributed by atoms with van der Waals surface area (Å²) in [6.07, 6.45) is 0. The molecule has 1 aromatic rings. The molecule has 0 fully saturated rings. The van der Waals surface area contributed by atoms with Crippen molar-refractivity contribution in [3.05, 3.63) is 18.2 Å². The smallest absolute Gasteiger partial charge is 0.316 e. The van der Waals surface area contributed by atoms with Crippen molar-refractivity contribution in [3.8, 4) is 0 Å². The normalized spacial score (nSPS) is 10.9. The lowest BCUT2D eigenvalue weighted by atomic mass is 10.2. The summed E-state index contributed by atoms with van der Waals surface area (Å²) in [5.74, 6) is 0. The summed E-state index contributed by atoms with van der Waals surface area (Å²) in [5, 5.41) is 10.7. The van der Waals surface area contributed by atoms with E-state index in [9.17, 15) is 13.2 Å². The van der Waals surface area contributed by atoms with Crippen LogP contribution >= 0.6 is 0 Å². The van der Waals surface area contributed by atoms with E-state index in [1.165, 1.54) is 23.1 Å². The number of rotatable bonds is 5. The van der Waals surface area contributed by atoms with Gasteiger partial charge in [-0.25, -0.2) is 18.4 Å². The minimum Gasteiger partial charge on any atom is -0.397 e. The molecule has 0 unspecified atom stereocenters. The maximum absolute atomic E-state index is 11.3. The van der Waals surface area contributed by atoms with Gasteiger partial charge < -0.3 is 21.3 Å². The van der Waals surface area contributed by atoms with Gasteiger partial charge in [0.2, 0.25) is 10.0 Å². The number of urea groups is 1. The number of hydrogen-bond donors (Lipinski definition) is 4. The Balaban J connectivity index is 2.56. The van der Waals surface area contributed by atoms with Crippen LogP contribution in [0.25, 0.3) is 0 Å². The number of carbonyl (C=O) groups is 1. The van der Waals surface area contributed by atoms with E-state index in [1.54, 1.807) is 14.1 Å². The van der Waals surface area contributed by atoms with Gasteiger partial charge in [-0.3, -0.25) is 0 Å². The number of sulfonamides is 1. The molecule has 9 heteroatoms. The number of benzene rings is 1. The number of hydrogen-bond acceptors (Lipinski definition) is 5. The SMILES string of the molecule is CN(C)C(=O)NCCNc1ccc(S(N)(=O)=O)cc1N. The quantitative estimate of drug-likeness (QED) is 0.434. The van der Waals surface area contributed by atoms with E-state index in [0.717, 1.165) is 0 Å². The molecule has 0 aromatic heterocycles. The fraction of sp³-hybridized carbons (Fsp3) is 0.364. The number of anilines is 2. The topological polar surface area (TPSA) is 131 Å². The van der Waals surface area contributed by atoms with Crippen molar-refractivity contribution < 1.29 is 13.2 Å². The Morgan fingerprint density at radius 3 is 2.45 bits per heavy atom. The minimum absolute atomic E-state index is 0.0403. The number of nitrogens with zero attached hydrogens (tertiary/aromatic N) is 1. The molecular formula is C11H19N5O3S. The molecule has 20 heavy (non-hydrogen) atoms. The molecule has 0 heterocycles. The lowest BCUT2D eigenvalue weighted by molar-refractivity contribution is 0.218. The highest BCUT2D eigenvalue weighted by atomic mass is 32.2. The first kappa shape index (κ1) is 16.1. The van der Waals surface area contributed by atoms with Crippen LogP contribution in [0.1, 0.15) is 0 Å². The van der Waals surface area contributed by atoms with Crippen LogP contribution in [-0.4, -0.2) is 46.5 Å². The van der Waals surface area contributed by atoms with Crippen LogP contribution in [0.2, 0.25) is 0 Å². The summed E-state index contributed by atoms with van der Waals surface area (Å²) in [6.45, 7) is 0.867. The summed E-state index contributed by atoms with van der Waals surface area (Å²) < 4.78 is 22.3. The van der Waals surface area contributed by atoms with Gasteiger partial charge in [0.15, 0.2) is 0 Å². The molecule has 112 valence electrons. The van der Waals surface area contributed by atoms with Crippen molar-refractivity contribution in [2.24, 2.45) is 5.14 Å². The molecule has 0 aliphatic carbocycles. The van der Waals surface area contributed by atoms with Crippen molar-refractivity contribution in [2.45, 2.75) is 4.90 Å². The fourth-order valence-corrected chi connectivity index (χ4v) is 1.95. The first-order valence-electron chi connectivity index (χ1n) is 5.83. The Morgan fingerprint density at radius 1 is 1.30 bits per heavy atom. The van der Waals surface area contributed by atoms with Gasteiger partial charge in [0.05, 0.1) is 16.3 Å². The first-order valence-corrected chi connectivity index (χ1v) is 7.38. The molecule has 0 saturated heterocycles. The van der Waals surface area contributed by atoms with E-state index >= 15 is 0 Å². The first-order chi connectivity index (χ1) is 9.21. The molecular weight excluding hydrogens is 282 g/mol. The number of amides is 2. The molecule has 0 atom stereocenters. The van der Waals surface area contributed by atoms with Crippen LogP contribution in [-0.2, 0) is 10.0 Å². The Hall–Kier alpha value is -2.00. The summed E-state index contributed by atoms with van der Waals surface area (Å²) >= 11 is 0. The highest BCUT2D eigenvalue weighted by molar-refractivity contribution is 7.89. The summed E-state index contributed by atoms with van der Waals surface area (Å²) in [4.78, 5) is 12.6.